The summed E-state index contributed by atoms with van der Waals surface area (Å²) in [5, 5.41) is 11.0. The molecule has 5 aromatic rings. The summed E-state index contributed by atoms with van der Waals surface area (Å²) in [6.07, 6.45) is 14.1. The molecule has 2 nitrogen and oxygen atoms in total. The number of aryl methyl sites for hydroxylation is 1. The molecule has 0 heterocycles. The predicted octanol–water partition coefficient (Wildman–Crippen LogP) is 13.6. The molecule has 0 bridgehead atoms. The molecule has 2 heteroatoms. The number of aliphatic hydroxyl groups is 1. The molecule has 0 aliphatic rings. The molecule has 50 heavy (non-hydrogen) atoms. The van der Waals surface area contributed by atoms with Gasteiger partial charge < -0.3 is 10.0 Å². The van der Waals surface area contributed by atoms with Gasteiger partial charge in [0.15, 0.2) is 0 Å². The van der Waals surface area contributed by atoms with E-state index >= 15 is 0 Å². The summed E-state index contributed by atoms with van der Waals surface area (Å²) in [5.74, 6) is 0.135. The Balaban J connectivity index is 0.000000752. The van der Waals surface area contributed by atoms with Crippen LogP contribution in [0.1, 0.15) is 68.4 Å². The van der Waals surface area contributed by atoms with Crippen molar-refractivity contribution in [2.45, 2.75) is 53.1 Å². The Labute approximate surface area is 301 Å². The highest BCUT2D eigenvalue weighted by Gasteiger charge is 2.20. The minimum Gasteiger partial charge on any atom is -0.388 e. The highest BCUT2D eigenvalue weighted by atomic mass is 16.3. The smallest absolute Gasteiger partial charge is 0.0824 e. The first-order valence-electron chi connectivity index (χ1n) is 17.5. The van der Waals surface area contributed by atoms with Gasteiger partial charge in [-0.15, -0.1) is 0 Å². The summed E-state index contributed by atoms with van der Waals surface area (Å²) in [4.78, 5) is 2.27. The van der Waals surface area contributed by atoms with E-state index in [0.717, 1.165) is 33.6 Å². The number of benzene rings is 5. The summed E-state index contributed by atoms with van der Waals surface area (Å²) in [5.41, 5.74) is 10.0. The molecule has 5 rings (SSSR count). The predicted molar refractivity (Wildman–Crippen MR) is 220 cm³/mol. The Morgan fingerprint density at radius 3 is 1.92 bits per heavy atom. The number of hydrogen-bond donors (Lipinski definition) is 1. The van der Waals surface area contributed by atoms with Gasteiger partial charge in [-0.3, -0.25) is 0 Å². The molecule has 0 aromatic heterocycles. The largest absolute Gasteiger partial charge is 0.388 e. The normalized spacial score (nSPS) is 12.2. The van der Waals surface area contributed by atoms with Crippen molar-refractivity contribution in [3.63, 3.8) is 0 Å². The van der Waals surface area contributed by atoms with Crippen LogP contribution in [-0.2, 0) is 0 Å². The molecule has 0 amide bonds. The van der Waals surface area contributed by atoms with E-state index in [2.05, 4.69) is 123 Å². The zero-order chi connectivity index (χ0) is 36.1. The maximum absolute atomic E-state index is 11.0. The second kappa shape index (κ2) is 21.5. The molecule has 0 saturated heterocycles. The maximum Gasteiger partial charge on any atom is 0.0824 e. The molecule has 256 valence electrons. The van der Waals surface area contributed by atoms with Crippen LogP contribution >= 0.6 is 0 Å². The van der Waals surface area contributed by atoms with Crippen molar-refractivity contribution in [2.24, 2.45) is 0 Å². The first-order valence-corrected chi connectivity index (χ1v) is 17.5. The highest BCUT2D eigenvalue weighted by Crippen LogP contribution is 2.39. The van der Waals surface area contributed by atoms with Gasteiger partial charge in [0.1, 0.15) is 0 Å². The maximum atomic E-state index is 11.0. The molecule has 0 aliphatic carbocycles. The van der Waals surface area contributed by atoms with Crippen LogP contribution in [0.25, 0.3) is 17.2 Å². The van der Waals surface area contributed by atoms with Gasteiger partial charge in [-0.25, -0.2) is 0 Å². The summed E-state index contributed by atoms with van der Waals surface area (Å²) in [7, 11) is 0. The zero-order valence-electron chi connectivity index (χ0n) is 30.4. The third-order valence-electron chi connectivity index (χ3n) is 8.24. The van der Waals surface area contributed by atoms with Gasteiger partial charge in [0.25, 0.3) is 0 Å². The Kier molecular flexibility index (Phi) is 16.8. The molecule has 2 unspecified atom stereocenters. The van der Waals surface area contributed by atoms with E-state index in [0.29, 0.717) is 6.42 Å². The summed E-state index contributed by atoms with van der Waals surface area (Å²) >= 11 is 0. The van der Waals surface area contributed by atoms with Crippen LogP contribution in [0.2, 0.25) is 0 Å². The molecule has 0 radical (unpaired) electrons. The lowest BCUT2D eigenvalue weighted by Gasteiger charge is -2.29. The van der Waals surface area contributed by atoms with Crippen LogP contribution in [0.15, 0.2) is 189 Å². The lowest BCUT2D eigenvalue weighted by atomic mass is 9.90. The SMILES string of the molecule is C=C/C=C(\C=C)C(C)c1ccccc1N(/C=C/C)c1c(C)cccc1/C=C/CC(O)c1ccc(-c2ccccc2)cc1.CC.c1ccccc1. The van der Waals surface area contributed by atoms with E-state index in [4.69, 9.17) is 0 Å². The van der Waals surface area contributed by atoms with Gasteiger partial charge in [-0.2, -0.15) is 0 Å². The first kappa shape index (κ1) is 39.0. The van der Waals surface area contributed by atoms with Crippen molar-refractivity contribution in [1.29, 1.82) is 0 Å². The van der Waals surface area contributed by atoms with Crippen molar-refractivity contribution < 1.29 is 5.11 Å². The Morgan fingerprint density at radius 1 is 0.740 bits per heavy atom. The number of para-hydroxylation sites is 2. The number of hydrogen-bond acceptors (Lipinski definition) is 2. The van der Waals surface area contributed by atoms with Crippen molar-refractivity contribution in [3.8, 4) is 11.1 Å². The lowest BCUT2D eigenvalue weighted by molar-refractivity contribution is 0.182. The van der Waals surface area contributed by atoms with Gasteiger partial charge >= 0.3 is 0 Å². The minimum atomic E-state index is -0.582. The second-order valence-electron chi connectivity index (χ2n) is 11.5. The molecule has 2 atom stereocenters. The number of allylic oxidation sites excluding steroid dienone is 5. The highest BCUT2D eigenvalue weighted by molar-refractivity contribution is 5.80. The Bertz CT molecular complexity index is 1790. The van der Waals surface area contributed by atoms with Crippen LogP contribution in [0.5, 0.6) is 0 Å². The Hall–Kier alpha value is -5.44. The van der Waals surface area contributed by atoms with E-state index in [1.165, 1.54) is 16.7 Å². The average Bonchev–Trinajstić information content (AvgIpc) is 3.18. The first-order chi connectivity index (χ1) is 24.5. The van der Waals surface area contributed by atoms with Crippen LogP contribution in [0, 0.1) is 6.92 Å². The number of aliphatic hydroxyl groups excluding tert-OH is 1. The van der Waals surface area contributed by atoms with Crippen LogP contribution in [0.3, 0.4) is 0 Å². The third-order valence-corrected chi connectivity index (χ3v) is 8.24. The molecule has 0 spiro atoms. The van der Waals surface area contributed by atoms with Crippen LogP contribution in [0.4, 0.5) is 11.4 Å². The van der Waals surface area contributed by atoms with Gasteiger partial charge in [-0.1, -0.05) is 198 Å². The molecule has 1 N–H and O–H groups in total. The van der Waals surface area contributed by atoms with E-state index < -0.39 is 6.10 Å². The minimum absolute atomic E-state index is 0.135. The van der Waals surface area contributed by atoms with Gasteiger partial charge in [0, 0.05) is 17.8 Å². The number of nitrogens with zero attached hydrogens (tertiary/aromatic N) is 1. The summed E-state index contributed by atoms with van der Waals surface area (Å²) in [6.45, 7) is 18.3. The third kappa shape index (κ3) is 11.1. The van der Waals surface area contributed by atoms with Crippen molar-refractivity contribution in [3.05, 3.63) is 211 Å². The van der Waals surface area contributed by atoms with E-state index in [1.807, 2.05) is 106 Å². The zero-order valence-corrected chi connectivity index (χ0v) is 30.4. The topological polar surface area (TPSA) is 23.5 Å². The Morgan fingerprint density at radius 2 is 1.32 bits per heavy atom. The van der Waals surface area contributed by atoms with Gasteiger partial charge in [0.05, 0.1) is 11.8 Å². The van der Waals surface area contributed by atoms with E-state index in [-0.39, 0.29) is 5.92 Å². The molecular formula is C48H53NO. The number of rotatable bonds is 12. The van der Waals surface area contributed by atoms with E-state index in [9.17, 15) is 5.11 Å². The fraction of sp³-hybridized carbons (Fsp3) is 0.167. The average molecular weight is 660 g/mol. The van der Waals surface area contributed by atoms with Gasteiger partial charge in [0.2, 0.25) is 0 Å². The quantitative estimate of drug-likeness (QED) is 0.135. The second-order valence-corrected chi connectivity index (χ2v) is 11.5. The molecule has 0 aliphatic heterocycles. The fourth-order valence-electron chi connectivity index (χ4n) is 5.72. The van der Waals surface area contributed by atoms with Gasteiger partial charge in [-0.05, 0) is 65.3 Å². The van der Waals surface area contributed by atoms with E-state index in [1.54, 1.807) is 0 Å². The molecule has 5 aromatic carbocycles. The van der Waals surface area contributed by atoms with Crippen molar-refractivity contribution in [1.82, 2.24) is 0 Å². The van der Waals surface area contributed by atoms with Crippen LogP contribution in [-0.4, -0.2) is 5.11 Å². The molecular weight excluding hydrogens is 607 g/mol. The molecule has 0 saturated carbocycles. The lowest BCUT2D eigenvalue weighted by Crippen LogP contribution is -2.15. The molecule has 0 fully saturated rings. The summed E-state index contributed by atoms with van der Waals surface area (Å²) in [6, 6.07) is 45.4. The fourth-order valence-corrected chi connectivity index (χ4v) is 5.72. The van der Waals surface area contributed by atoms with Crippen molar-refractivity contribution in [2.75, 3.05) is 4.90 Å². The summed E-state index contributed by atoms with van der Waals surface area (Å²) < 4.78 is 0. The number of anilines is 2. The van der Waals surface area contributed by atoms with Crippen LogP contribution < -0.4 is 4.90 Å². The van der Waals surface area contributed by atoms with Crippen molar-refractivity contribution >= 4 is 17.5 Å². The standard InChI is InChI=1S/C40H41NO.C6H6.C2H6/c1-6-16-32(8-3)31(5)37-22-12-13-23-38(37)41(29-7-2)40-30(4)17-14-20-36(40)21-15-24-39(42)35-27-25-34(26-28-35)33-18-10-9-11-19-33;1-2-4-6-5-3-1;1-2/h6-23,25-29,31,39,42H,1,3,24H2,2,4-5H3;1-6H;1-2H3/b21-15+,29-7+,32-16+;;. The monoisotopic (exact) mass is 659 g/mol.